The molecule has 396 valence electrons. The Labute approximate surface area is 424 Å². The normalized spacial score (nSPS) is 26.5. The number of rotatable bonds is 0. The molecule has 3 unspecified atom stereocenters. The number of sulfone groups is 1. The van der Waals surface area contributed by atoms with E-state index in [0.29, 0.717) is 24.6 Å². The van der Waals surface area contributed by atoms with Gasteiger partial charge in [-0.2, -0.15) is 0 Å². The highest BCUT2D eigenvalue weighted by molar-refractivity contribution is 7.91. The molecule has 4 aliphatic heterocycles. The van der Waals surface area contributed by atoms with Crippen LogP contribution in [0.4, 0.5) is 0 Å². The summed E-state index contributed by atoms with van der Waals surface area (Å²) in [4.78, 5) is 6.60. The molecule has 0 spiro atoms. The topological polar surface area (TPSA) is 79.4 Å². The van der Waals surface area contributed by atoms with Crippen LogP contribution in [-0.4, -0.2) is 130 Å². The van der Waals surface area contributed by atoms with Crippen molar-refractivity contribution >= 4 is 20.6 Å². The van der Waals surface area contributed by atoms with E-state index < -0.39 is 20.6 Å². The lowest BCUT2D eigenvalue weighted by Gasteiger charge is -2.21. The molecular weight excluding hydrogens is 883 g/mol. The molecular formula is C58H107N3O5S2. The number of ether oxygens (including phenoxy) is 2. The lowest BCUT2D eigenvalue weighted by Crippen LogP contribution is -2.37. The van der Waals surface area contributed by atoms with Gasteiger partial charge in [-0.3, -0.25) is 4.21 Å². The van der Waals surface area contributed by atoms with Crippen LogP contribution in [0.5, 0.6) is 0 Å². The second kappa shape index (κ2) is 41.9. The molecule has 0 aromatic heterocycles. The van der Waals surface area contributed by atoms with Gasteiger partial charge in [0.25, 0.3) is 0 Å². The standard InChI is InChI=1S/3C7H12.3C6H10.C5H11NO2S.C5H11NOS.C5H11N.C4H8O2/c3*1-7-5-3-2-4-6-7;3*1-6-4-2-3-5-6;1-6-2-4-9(7,8)5-3-6;1-6-2-4-8(7)5-3-6;1-6-4-2-3-5-6;1-4-5-2-3-6-4/h5H,2-4,6H2,1H3;3,5,7H,2,4,6H2,1H3;2-3,7H,4-6H2,1H3;4H,2-3,5H2,1H3;2,4,6H,3,5H2,1H3;2-3,6H,4-5H2,1H3;2-5H2,1H3;2-5H2,1H3;2-5H2,1H3;4H,2-3H2,1H3. The SMILES string of the molecule is CC1=CCCC1.CC1=CCCCC1.CC1C=CCC1.CC1C=CCCC1.CC1CC=CC1.CC1CC=CCC1.CC1OCCO1.CN1CCCC1.CN1CCS(=O)(=O)CC1.CN1CCS(=O)CC1. The summed E-state index contributed by atoms with van der Waals surface area (Å²) < 4.78 is 42.1. The first-order valence-electron chi connectivity index (χ1n) is 27.3. The molecule has 4 heterocycles. The summed E-state index contributed by atoms with van der Waals surface area (Å²) in [7, 11) is 3.02. The van der Waals surface area contributed by atoms with Crippen LogP contribution >= 0.6 is 0 Å². The van der Waals surface area contributed by atoms with Crippen molar-refractivity contribution in [2.24, 2.45) is 23.7 Å². The average Bonchev–Trinajstić information content (AvgIpc) is 4.22. The monoisotopic (exact) mass is 990 g/mol. The third-order valence-electron chi connectivity index (χ3n) is 13.4. The van der Waals surface area contributed by atoms with Crippen molar-refractivity contribution in [1.82, 2.24) is 14.7 Å². The summed E-state index contributed by atoms with van der Waals surface area (Å²) in [6.07, 6.45) is 48.7. The van der Waals surface area contributed by atoms with Crippen molar-refractivity contribution in [1.29, 1.82) is 0 Å². The van der Waals surface area contributed by atoms with Gasteiger partial charge in [0, 0.05) is 48.5 Å². The van der Waals surface area contributed by atoms with Crippen LogP contribution in [0.25, 0.3) is 0 Å². The zero-order valence-electron chi connectivity index (χ0n) is 45.8. The van der Waals surface area contributed by atoms with Crippen molar-refractivity contribution in [3.8, 4) is 0 Å². The van der Waals surface area contributed by atoms with Crippen molar-refractivity contribution in [2.45, 2.75) is 177 Å². The van der Waals surface area contributed by atoms with Gasteiger partial charge in [-0.1, -0.05) is 99.6 Å². The Kier molecular flexibility index (Phi) is 39.7. The number of hydrogen-bond donors (Lipinski definition) is 0. The van der Waals surface area contributed by atoms with E-state index in [9.17, 15) is 12.6 Å². The van der Waals surface area contributed by atoms with Gasteiger partial charge >= 0.3 is 0 Å². The van der Waals surface area contributed by atoms with E-state index in [0.717, 1.165) is 61.5 Å². The minimum atomic E-state index is -2.66. The highest BCUT2D eigenvalue weighted by Gasteiger charge is 2.18. The number of likely N-dealkylation sites (tertiary alicyclic amines) is 1. The highest BCUT2D eigenvalue weighted by atomic mass is 32.2. The lowest BCUT2D eigenvalue weighted by molar-refractivity contribution is -0.0254. The van der Waals surface area contributed by atoms with Crippen molar-refractivity contribution < 1.29 is 22.1 Å². The van der Waals surface area contributed by atoms with Crippen molar-refractivity contribution in [3.63, 3.8) is 0 Å². The zero-order chi connectivity index (χ0) is 50.3. The third kappa shape index (κ3) is 41.0. The minimum absolute atomic E-state index is 0.0463. The van der Waals surface area contributed by atoms with Gasteiger partial charge in [-0.05, 0) is 201 Å². The maximum Gasteiger partial charge on any atom is 0.155 e. The summed E-state index contributed by atoms with van der Waals surface area (Å²) in [5.74, 6) is 6.02. The van der Waals surface area contributed by atoms with Gasteiger partial charge in [0.2, 0.25) is 0 Å². The quantitative estimate of drug-likeness (QED) is 0.222. The van der Waals surface area contributed by atoms with E-state index in [4.69, 9.17) is 9.47 Å². The molecule has 0 saturated carbocycles. The molecule has 4 saturated heterocycles. The second-order valence-corrected chi connectivity index (χ2v) is 24.9. The van der Waals surface area contributed by atoms with Gasteiger partial charge < -0.3 is 24.2 Å². The van der Waals surface area contributed by atoms with Crippen LogP contribution in [0.3, 0.4) is 0 Å². The summed E-state index contributed by atoms with van der Waals surface area (Å²) in [6.45, 7) is 23.0. The Morgan fingerprint density at radius 3 is 1.25 bits per heavy atom. The van der Waals surface area contributed by atoms with Crippen LogP contribution in [0, 0.1) is 23.7 Å². The van der Waals surface area contributed by atoms with E-state index in [-0.39, 0.29) is 6.29 Å². The lowest BCUT2D eigenvalue weighted by atomic mass is 9.97. The Bertz CT molecular complexity index is 1500. The molecule has 10 rings (SSSR count). The van der Waals surface area contributed by atoms with Crippen molar-refractivity contribution in [3.05, 3.63) is 71.9 Å². The molecule has 3 atom stereocenters. The van der Waals surface area contributed by atoms with Crippen LogP contribution in [0.15, 0.2) is 71.9 Å². The Morgan fingerprint density at radius 1 is 0.515 bits per heavy atom. The van der Waals surface area contributed by atoms with E-state index in [2.05, 4.69) is 126 Å². The fraction of sp³-hybridized carbons (Fsp3) is 0.793. The maximum absolute atomic E-state index is 10.8. The predicted molar refractivity (Wildman–Crippen MR) is 299 cm³/mol. The van der Waals surface area contributed by atoms with Gasteiger partial charge in [0.05, 0.1) is 24.7 Å². The number of allylic oxidation sites excluding steroid dienone is 12. The van der Waals surface area contributed by atoms with Crippen LogP contribution in [-0.2, 0) is 30.1 Å². The first-order valence-corrected chi connectivity index (χ1v) is 30.6. The van der Waals surface area contributed by atoms with Crippen LogP contribution < -0.4 is 0 Å². The summed E-state index contributed by atoms with van der Waals surface area (Å²) in [5, 5.41) is 0. The van der Waals surface area contributed by atoms with Gasteiger partial charge in [0.15, 0.2) is 16.1 Å². The molecule has 8 nitrogen and oxygen atoms in total. The molecule has 0 aromatic rings. The Morgan fingerprint density at radius 2 is 1.00 bits per heavy atom. The minimum Gasteiger partial charge on any atom is -0.351 e. The molecule has 10 heteroatoms. The first-order chi connectivity index (χ1) is 32.5. The molecule has 4 fully saturated rings. The highest BCUT2D eigenvalue weighted by Crippen LogP contribution is 2.18. The first kappa shape index (κ1) is 64.4. The molecule has 0 bridgehead atoms. The summed E-state index contributed by atoms with van der Waals surface area (Å²) in [5.41, 5.74) is 3.17. The molecule has 0 aromatic carbocycles. The van der Waals surface area contributed by atoms with E-state index >= 15 is 0 Å². The second-order valence-electron chi connectivity index (χ2n) is 20.9. The largest absolute Gasteiger partial charge is 0.351 e. The van der Waals surface area contributed by atoms with E-state index in [1.165, 1.54) is 135 Å². The summed E-state index contributed by atoms with van der Waals surface area (Å²) >= 11 is 0. The molecule has 0 radical (unpaired) electrons. The smallest absolute Gasteiger partial charge is 0.155 e. The van der Waals surface area contributed by atoms with Crippen LogP contribution in [0.1, 0.15) is 170 Å². The third-order valence-corrected chi connectivity index (χ3v) is 16.3. The Hall–Kier alpha value is -1.66. The van der Waals surface area contributed by atoms with Gasteiger partial charge in [-0.15, -0.1) is 0 Å². The van der Waals surface area contributed by atoms with Crippen LogP contribution in [0.2, 0.25) is 0 Å². The Balaban J connectivity index is 0.000000379. The molecule has 10 aliphatic rings. The molecule has 0 amide bonds. The average molecular weight is 991 g/mol. The van der Waals surface area contributed by atoms with Crippen molar-refractivity contribution in [2.75, 3.05) is 96.6 Å². The van der Waals surface area contributed by atoms with E-state index in [1.54, 1.807) is 11.1 Å². The van der Waals surface area contributed by atoms with E-state index in [1.807, 2.05) is 18.9 Å². The fourth-order valence-electron chi connectivity index (χ4n) is 8.18. The number of hydrogen-bond acceptors (Lipinski definition) is 8. The molecule has 0 N–H and O–H groups in total. The number of nitrogens with zero attached hydrogens (tertiary/aromatic N) is 3. The summed E-state index contributed by atoms with van der Waals surface area (Å²) in [6, 6.07) is 0. The zero-order valence-corrected chi connectivity index (χ0v) is 47.4. The fourth-order valence-corrected chi connectivity index (χ4v) is 10.8. The van der Waals surface area contributed by atoms with Gasteiger partial charge in [0.1, 0.15) is 0 Å². The molecule has 68 heavy (non-hydrogen) atoms. The van der Waals surface area contributed by atoms with Gasteiger partial charge in [-0.25, -0.2) is 8.42 Å². The molecule has 6 aliphatic carbocycles. The maximum atomic E-state index is 10.8. The predicted octanol–water partition coefficient (Wildman–Crippen LogP) is 13.4.